The van der Waals surface area contributed by atoms with Crippen LogP contribution in [0.5, 0.6) is 0 Å². The van der Waals surface area contributed by atoms with Crippen LogP contribution in [0.3, 0.4) is 0 Å². The van der Waals surface area contributed by atoms with Crippen molar-refractivity contribution >= 4 is 34.6 Å². The fourth-order valence-corrected chi connectivity index (χ4v) is 4.84. The van der Waals surface area contributed by atoms with Crippen LogP contribution in [0.2, 0.25) is 5.02 Å². The Morgan fingerprint density at radius 2 is 1.81 bits per heavy atom. The number of hydrogen-bond acceptors (Lipinski definition) is 5. The smallest absolute Gasteiger partial charge is 0.229 e. The average Bonchev–Trinajstić information content (AvgIpc) is 2.86. The highest BCUT2D eigenvalue weighted by molar-refractivity contribution is 6.30. The molecule has 0 aliphatic heterocycles. The average molecular weight is 509 g/mol. The first-order chi connectivity index (χ1) is 17.4. The second-order valence-corrected chi connectivity index (χ2v) is 9.88. The number of aromatic nitrogens is 2. The molecule has 0 atom stereocenters. The molecule has 1 aliphatic carbocycles. The van der Waals surface area contributed by atoms with E-state index in [4.69, 9.17) is 16.6 Å². The number of nitrogens with zero attached hydrogens (tertiary/aromatic N) is 2. The van der Waals surface area contributed by atoms with Crippen LogP contribution in [-0.4, -0.2) is 27.2 Å². The van der Waals surface area contributed by atoms with Gasteiger partial charge in [-0.15, -0.1) is 0 Å². The second-order valence-electron chi connectivity index (χ2n) is 9.45. The van der Waals surface area contributed by atoms with Crippen LogP contribution in [0, 0.1) is 5.82 Å². The van der Waals surface area contributed by atoms with Gasteiger partial charge in [-0.25, -0.2) is 9.37 Å². The fourth-order valence-electron chi connectivity index (χ4n) is 4.62. The number of benzene rings is 2. The summed E-state index contributed by atoms with van der Waals surface area (Å²) in [4.78, 5) is 9.44. The summed E-state index contributed by atoms with van der Waals surface area (Å²) in [7, 11) is 0. The highest BCUT2D eigenvalue weighted by atomic mass is 35.5. The van der Waals surface area contributed by atoms with Crippen LogP contribution in [0.15, 0.2) is 54.2 Å². The van der Waals surface area contributed by atoms with Crippen molar-refractivity contribution in [2.45, 2.75) is 71.4 Å². The maximum absolute atomic E-state index is 13.9. The molecule has 0 saturated heterocycles. The van der Waals surface area contributed by atoms with E-state index in [1.165, 1.54) is 23.3 Å². The van der Waals surface area contributed by atoms with Crippen molar-refractivity contribution in [1.29, 1.82) is 0 Å². The number of aliphatic hydroxyl groups is 1. The standard InChI is InChI=1S/C29H34ClFN4O/c1-4-18(3)27(20-8-6-19(5-2)7-9-20)26-17-32-29(34-24-15-21(30)14-22(31)16-24)35-28(26)33-23-10-12-25(36)13-11-23/h6-9,14-17,23,25,36H,4-5,10-13H2,1-3H3,(H2,32,33,34,35). The fraction of sp³-hybridized carbons (Fsp3) is 0.379. The molecule has 190 valence electrons. The van der Waals surface area contributed by atoms with Gasteiger partial charge in [-0.05, 0) is 80.3 Å². The minimum absolute atomic E-state index is 0.198. The molecule has 1 aliphatic rings. The van der Waals surface area contributed by atoms with Gasteiger partial charge in [-0.1, -0.05) is 55.3 Å². The maximum atomic E-state index is 13.9. The van der Waals surface area contributed by atoms with Crippen molar-refractivity contribution < 1.29 is 9.50 Å². The highest BCUT2D eigenvalue weighted by Crippen LogP contribution is 2.35. The first-order valence-corrected chi connectivity index (χ1v) is 13.1. The lowest BCUT2D eigenvalue weighted by molar-refractivity contribution is 0.126. The van der Waals surface area contributed by atoms with Crippen molar-refractivity contribution in [3.8, 4) is 0 Å². The van der Waals surface area contributed by atoms with Gasteiger partial charge in [0.25, 0.3) is 0 Å². The van der Waals surface area contributed by atoms with Gasteiger partial charge in [-0.3, -0.25) is 0 Å². The lowest BCUT2D eigenvalue weighted by Crippen LogP contribution is -2.29. The Balaban J connectivity index is 1.75. The molecule has 4 rings (SSSR count). The monoisotopic (exact) mass is 508 g/mol. The number of aliphatic hydroxyl groups excluding tert-OH is 1. The summed E-state index contributed by atoms with van der Waals surface area (Å²) in [6, 6.07) is 13.1. The van der Waals surface area contributed by atoms with E-state index >= 15 is 0 Å². The number of hydrogen-bond donors (Lipinski definition) is 3. The predicted octanol–water partition coefficient (Wildman–Crippen LogP) is 7.52. The molecule has 2 aromatic carbocycles. The van der Waals surface area contributed by atoms with Gasteiger partial charge >= 0.3 is 0 Å². The van der Waals surface area contributed by atoms with Gasteiger partial charge in [0, 0.05) is 28.5 Å². The van der Waals surface area contributed by atoms with Gasteiger partial charge in [0.05, 0.1) is 6.10 Å². The third kappa shape index (κ3) is 6.42. The molecule has 1 saturated carbocycles. The van der Waals surface area contributed by atoms with Gasteiger partial charge in [0.2, 0.25) is 5.95 Å². The Hall–Kier alpha value is -2.96. The highest BCUT2D eigenvalue weighted by Gasteiger charge is 2.23. The minimum Gasteiger partial charge on any atom is -0.393 e. The van der Waals surface area contributed by atoms with Crippen LogP contribution in [0.4, 0.5) is 21.8 Å². The molecule has 3 N–H and O–H groups in total. The molecule has 0 bridgehead atoms. The number of anilines is 3. The van der Waals surface area contributed by atoms with E-state index in [1.807, 2.05) is 6.20 Å². The van der Waals surface area contributed by atoms with E-state index in [-0.39, 0.29) is 12.1 Å². The SMILES string of the molecule is CCC(C)=C(c1ccc(CC)cc1)c1cnc(Nc2cc(F)cc(Cl)c2)nc1NC1CCC(O)CC1. The van der Waals surface area contributed by atoms with Crippen molar-refractivity contribution in [2.75, 3.05) is 10.6 Å². The zero-order valence-corrected chi connectivity index (χ0v) is 21.9. The van der Waals surface area contributed by atoms with E-state index < -0.39 is 5.82 Å². The predicted molar refractivity (Wildman–Crippen MR) is 146 cm³/mol. The third-order valence-electron chi connectivity index (χ3n) is 6.82. The molecule has 5 nitrogen and oxygen atoms in total. The molecule has 1 aromatic heterocycles. The number of halogens is 2. The summed E-state index contributed by atoms with van der Waals surface area (Å²) in [5.41, 5.74) is 6.16. The van der Waals surface area contributed by atoms with Crippen LogP contribution < -0.4 is 10.6 Å². The summed E-state index contributed by atoms with van der Waals surface area (Å²) < 4.78 is 13.9. The van der Waals surface area contributed by atoms with Gasteiger partial charge in [0.1, 0.15) is 11.6 Å². The first kappa shape index (κ1) is 26.1. The quantitative estimate of drug-likeness (QED) is 0.293. The molecule has 0 radical (unpaired) electrons. The lowest BCUT2D eigenvalue weighted by atomic mass is 9.91. The third-order valence-corrected chi connectivity index (χ3v) is 7.04. The van der Waals surface area contributed by atoms with Gasteiger partial charge in [-0.2, -0.15) is 4.98 Å². The van der Waals surface area contributed by atoms with Crippen LogP contribution in [-0.2, 0) is 6.42 Å². The molecule has 0 amide bonds. The molecule has 36 heavy (non-hydrogen) atoms. The summed E-state index contributed by atoms with van der Waals surface area (Å²) in [6.07, 6.45) is 6.73. The largest absolute Gasteiger partial charge is 0.393 e. The van der Waals surface area contributed by atoms with Crippen molar-refractivity contribution in [1.82, 2.24) is 9.97 Å². The maximum Gasteiger partial charge on any atom is 0.229 e. The summed E-state index contributed by atoms with van der Waals surface area (Å²) >= 11 is 6.04. The number of rotatable bonds is 8. The van der Waals surface area contributed by atoms with Crippen LogP contribution >= 0.6 is 11.6 Å². The zero-order valence-electron chi connectivity index (χ0n) is 21.1. The molecular formula is C29H34ClFN4O. The molecule has 1 heterocycles. The zero-order chi connectivity index (χ0) is 25.7. The number of aryl methyl sites for hydroxylation is 1. The van der Waals surface area contributed by atoms with E-state index in [9.17, 15) is 9.50 Å². The Morgan fingerprint density at radius 1 is 1.08 bits per heavy atom. The van der Waals surface area contributed by atoms with E-state index in [2.05, 4.69) is 60.7 Å². The van der Waals surface area contributed by atoms with Crippen molar-refractivity contribution in [2.24, 2.45) is 0 Å². The Kier molecular flexibility index (Phi) is 8.60. The van der Waals surface area contributed by atoms with E-state index in [1.54, 1.807) is 6.07 Å². The second kappa shape index (κ2) is 11.8. The minimum atomic E-state index is -0.431. The molecule has 7 heteroatoms. The summed E-state index contributed by atoms with van der Waals surface area (Å²) in [5.74, 6) is 0.646. The number of nitrogens with one attached hydrogen (secondary N) is 2. The van der Waals surface area contributed by atoms with Crippen LogP contribution in [0.1, 0.15) is 69.6 Å². The van der Waals surface area contributed by atoms with Crippen molar-refractivity contribution in [3.63, 3.8) is 0 Å². The van der Waals surface area contributed by atoms with E-state index in [0.29, 0.717) is 16.7 Å². The Labute approximate surface area is 217 Å². The molecule has 3 aromatic rings. The first-order valence-electron chi connectivity index (χ1n) is 12.7. The normalized spacial score (nSPS) is 18.5. The molecule has 0 spiro atoms. The molecular weight excluding hydrogens is 475 g/mol. The molecule has 0 unspecified atom stereocenters. The summed E-state index contributed by atoms with van der Waals surface area (Å²) in [5, 5.41) is 17.0. The Morgan fingerprint density at radius 3 is 2.44 bits per heavy atom. The van der Waals surface area contributed by atoms with Gasteiger partial charge in [0.15, 0.2) is 0 Å². The molecule has 1 fully saturated rings. The van der Waals surface area contributed by atoms with Crippen molar-refractivity contribution in [3.05, 3.63) is 81.8 Å². The lowest BCUT2D eigenvalue weighted by Gasteiger charge is -2.28. The topological polar surface area (TPSA) is 70.1 Å². The van der Waals surface area contributed by atoms with Crippen LogP contribution in [0.25, 0.3) is 5.57 Å². The Bertz CT molecular complexity index is 1200. The summed E-state index contributed by atoms with van der Waals surface area (Å²) in [6.45, 7) is 6.44. The van der Waals surface area contributed by atoms with E-state index in [0.717, 1.165) is 61.0 Å². The van der Waals surface area contributed by atoms with Gasteiger partial charge < -0.3 is 15.7 Å². The number of allylic oxidation sites excluding steroid dienone is 1.